The van der Waals surface area contributed by atoms with Gasteiger partial charge in [0.15, 0.2) is 5.82 Å². The maximum Gasteiger partial charge on any atom is 0.293 e. The summed E-state index contributed by atoms with van der Waals surface area (Å²) in [4.78, 5) is 18.5. The Labute approximate surface area is 132 Å². The highest BCUT2D eigenvalue weighted by molar-refractivity contribution is 9.10. The van der Waals surface area contributed by atoms with E-state index in [-0.39, 0.29) is 5.56 Å². The SMILES string of the molecule is Cn1ccnc(N2CCC(c3ccc(Br)cc3)CC2)c1=O. The summed E-state index contributed by atoms with van der Waals surface area (Å²) >= 11 is 3.47. The molecule has 0 bridgehead atoms. The van der Waals surface area contributed by atoms with Gasteiger partial charge < -0.3 is 9.47 Å². The van der Waals surface area contributed by atoms with Gasteiger partial charge in [-0.25, -0.2) is 4.98 Å². The summed E-state index contributed by atoms with van der Waals surface area (Å²) in [5.41, 5.74) is 1.37. The van der Waals surface area contributed by atoms with Crippen LogP contribution in [-0.2, 0) is 7.05 Å². The van der Waals surface area contributed by atoms with Crippen molar-refractivity contribution in [3.63, 3.8) is 0 Å². The smallest absolute Gasteiger partial charge is 0.293 e. The Morgan fingerprint density at radius 3 is 2.52 bits per heavy atom. The van der Waals surface area contributed by atoms with Crippen LogP contribution in [0.25, 0.3) is 0 Å². The minimum atomic E-state index is -0.0143. The van der Waals surface area contributed by atoms with E-state index < -0.39 is 0 Å². The van der Waals surface area contributed by atoms with Gasteiger partial charge in [-0.15, -0.1) is 0 Å². The van der Waals surface area contributed by atoms with Crippen molar-refractivity contribution >= 4 is 21.7 Å². The summed E-state index contributed by atoms with van der Waals surface area (Å²) < 4.78 is 2.70. The predicted octanol–water partition coefficient (Wildman–Crippen LogP) is 2.93. The van der Waals surface area contributed by atoms with Crippen LogP contribution < -0.4 is 10.5 Å². The van der Waals surface area contributed by atoms with Gasteiger partial charge in [0.25, 0.3) is 5.56 Å². The number of hydrogen-bond acceptors (Lipinski definition) is 3. The van der Waals surface area contributed by atoms with E-state index in [0.717, 1.165) is 30.4 Å². The average Bonchev–Trinajstić information content (AvgIpc) is 2.51. The first kappa shape index (κ1) is 14.3. The summed E-state index contributed by atoms with van der Waals surface area (Å²) in [5.74, 6) is 1.15. The van der Waals surface area contributed by atoms with Gasteiger partial charge in [-0.05, 0) is 36.5 Å². The Morgan fingerprint density at radius 2 is 1.86 bits per heavy atom. The molecule has 1 aromatic carbocycles. The lowest BCUT2D eigenvalue weighted by atomic mass is 9.89. The third-order valence-electron chi connectivity index (χ3n) is 4.13. The molecule has 0 spiro atoms. The summed E-state index contributed by atoms with van der Waals surface area (Å²) in [6.07, 6.45) is 5.50. The monoisotopic (exact) mass is 347 g/mol. The molecule has 2 heterocycles. The van der Waals surface area contributed by atoms with Crippen LogP contribution >= 0.6 is 15.9 Å². The molecule has 0 saturated carbocycles. The van der Waals surface area contributed by atoms with Gasteiger partial charge in [-0.1, -0.05) is 28.1 Å². The minimum Gasteiger partial charge on any atom is -0.352 e. The van der Waals surface area contributed by atoms with Crippen LogP contribution in [0.15, 0.2) is 45.9 Å². The summed E-state index contributed by atoms with van der Waals surface area (Å²) in [7, 11) is 1.77. The maximum atomic E-state index is 12.1. The lowest BCUT2D eigenvalue weighted by Gasteiger charge is -2.32. The molecule has 3 rings (SSSR count). The van der Waals surface area contributed by atoms with Crippen LogP contribution in [0.5, 0.6) is 0 Å². The number of hydrogen-bond donors (Lipinski definition) is 0. The van der Waals surface area contributed by atoms with Crippen molar-refractivity contribution in [2.75, 3.05) is 18.0 Å². The second kappa shape index (κ2) is 6.02. The number of nitrogens with zero attached hydrogens (tertiary/aromatic N) is 3. The van der Waals surface area contributed by atoms with Crippen LogP contribution in [-0.4, -0.2) is 22.6 Å². The second-order valence-electron chi connectivity index (χ2n) is 5.48. The zero-order chi connectivity index (χ0) is 14.8. The molecule has 1 aromatic heterocycles. The number of benzene rings is 1. The third kappa shape index (κ3) is 3.02. The van der Waals surface area contributed by atoms with E-state index in [2.05, 4.69) is 50.1 Å². The zero-order valence-electron chi connectivity index (χ0n) is 12.0. The maximum absolute atomic E-state index is 12.1. The molecule has 4 nitrogen and oxygen atoms in total. The molecule has 0 atom stereocenters. The van der Waals surface area contributed by atoms with Crippen LogP contribution in [0.1, 0.15) is 24.3 Å². The van der Waals surface area contributed by atoms with Crippen molar-refractivity contribution in [2.24, 2.45) is 7.05 Å². The van der Waals surface area contributed by atoms with Crippen LogP contribution in [0.3, 0.4) is 0 Å². The largest absolute Gasteiger partial charge is 0.352 e. The van der Waals surface area contributed by atoms with Gasteiger partial charge in [-0.2, -0.15) is 0 Å². The first-order valence-corrected chi connectivity index (χ1v) is 7.96. The van der Waals surface area contributed by atoms with E-state index >= 15 is 0 Å². The van der Waals surface area contributed by atoms with E-state index in [0.29, 0.717) is 11.7 Å². The Bertz CT molecular complexity index is 673. The summed E-state index contributed by atoms with van der Waals surface area (Å²) in [6.45, 7) is 1.76. The molecule has 0 radical (unpaired) electrons. The van der Waals surface area contributed by atoms with Gasteiger partial charge in [0, 0.05) is 37.0 Å². The number of piperidine rings is 1. The molecule has 0 amide bonds. The van der Waals surface area contributed by atoms with Crippen LogP contribution in [0.4, 0.5) is 5.82 Å². The normalized spacial score (nSPS) is 16.2. The van der Waals surface area contributed by atoms with Crippen molar-refractivity contribution in [3.05, 3.63) is 57.0 Å². The first-order valence-electron chi connectivity index (χ1n) is 7.17. The molecule has 0 aliphatic carbocycles. The molecular weight excluding hydrogens is 330 g/mol. The molecule has 2 aromatic rings. The van der Waals surface area contributed by atoms with Crippen molar-refractivity contribution in [1.29, 1.82) is 0 Å². The van der Waals surface area contributed by atoms with Crippen molar-refractivity contribution < 1.29 is 0 Å². The number of aromatic nitrogens is 2. The van der Waals surface area contributed by atoms with Gasteiger partial charge in [-0.3, -0.25) is 4.79 Å². The second-order valence-corrected chi connectivity index (χ2v) is 6.40. The van der Waals surface area contributed by atoms with E-state index in [9.17, 15) is 4.79 Å². The highest BCUT2D eigenvalue weighted by Gasteiger charge is 2.23. The molecule has 1 aliphatic rings. The Morgan fingerprint density at radius 1 is 1.19 bits per heavy atom. The molecule has 1 saturated heterocycles. The lowest BCUT2D eigenvalue weighted by molar-refractivity contribution is 0.500. The standard InChI is InChI=1S/C16H18BrN3O/c1-19-11-8-18-15(16(19)21)20-9-6-13(7-10-20)12-2-4-14(17)5-3-12/h2-5,8,11,13H,6-7,9-10H2,1H3. The Hall–Kier alpha value is -1.62. The topological polar surface area (TPSA) is 38.1 Å². The molecular formula is C16H18BrN3O. The quantitative estimate of drug-likeness (QED) is 0.838. The van der Waals surface area contributed by atoms with E-state index in [4.69, 9.17) is 0 Å². The number of rotatable bonds is 2. The summed E-state index contributed by atoms with van der Waals surface area (Å²) in [5, 5.41) is 0. The molecule has 1 aliphatic heterocycles. The highest BCUT2D eigenvalue weighted by Crippen LogP contribution is 2.29. The minimum absolute atomic E-state index is 0.0143. The van der Waals surface area contributed by atoms with Crippen molar-refractivity contribution in [2.45, 2.75) is 18.8 Å². The van der Waals surface area contributed by atoms with E-state index in [1.165, 1.54) is 5.56 Å². The summed E-state index contributed by atoms with van der Waals surface area (Å²) in [6, 6.07) is 8.56. The first-order chi connectivity index (χ1) is 10.1. The molecule has 0 N–H and O–H groups in total. The molecule has 0 unspecified atom stereocenters. The van der Waals surface area contributed by atoms with Crippen LogP contribution in [0.2, 0.25) is 0 Å². The fraction of sp³-hybridized carbons (Fsp3) is 0.375. The molecule has 110 valence electrons. The van der Waals surface area contributed by atoms with Crippen molar-refractivity contribution in [3.8, 4) is 0 Å². The van der Waals surface area contributed by atoms with E-state index in [1.807, 2.05) is 0 Å². The molecule has 5 heteroatoms. The fourth-order valence-corrected chi connectivity index (χ4v) is 3.13. The van der Waals surface area contributed by atoms with Gasteiger partial charge >= 0.3 is 0 Å². The predicted molar refractivity (Wildman–Crippen MR) is 87.8 cm³/mol. The highest BCUT2D eigenvalue weighted by atomic mass is 79.9. The van der Waals surface area contributed by atoms with Crippen LogP contribution in [0, 0.1) is 0 Å². The van der Waals surface area contributed by atoms with Gasteiger partial charge in [0.05, 0.1) is 0 Å². The number of anilines is 1. The van der Waals surface area contributed by atoms with Gasteiger partial charge in [0.1, 0.15) is 0 Å². The number of halogens is 1. The lowest BCUT2D eigenvalue weighted by Crippen LogP contribution is -2.38. The van der Waals surface area contributed by atoms with E-state index in [1.54, 1.807) is 24.0 Å². The number of aryl methyl sites for hydroxylation is 1. The molecule has 1 fully saturated rings. The van der Waals surface area contributed by atoms with Crippen molar-refractivity contribution in [1.82, 2.24) is 9.55 Å². The third-order valence-corrected chi connectivity index (χ3v) is 4.66. The Balaban J connectivity index is 1.72. The molecule has 21 heavy (non-hydrogen) atoms. The average molecular weight is 348 g/mol. The Kier molecular flexibility index (Phi) is 4.10. The fourth-order valence-electron chi connectivity index (χ4n) is 2.86. The zero-order valence-corrected chi connectivity index (χ0v) is 13.6. The van der Waals surface area contributed by atoms with Gasteiger partial charge in [0.2, 0.25) is 0 Å².